The number of fused-ring (bicyclic) bond motifs is 1. The lowest BCUT2D eigenvalue weighted by Gasteiger charge is -2.27. The molecular weight excluding hydrogens is 324 g/mol. The van der Waals surface area contributed by atoms with Gasteiger partial charge in [-0.3, -0.25) is 4.72 Å². The van der Waals surface area contributed by atoms with Crippen LogP contribution in [0.5, 0.6) is 5.75 Å². The van der Waals surface area contributed by atoms with E-state index in [4.69, 9.17) is 4.74 Å². The molecule has 5 nitrogen and oxygen atoms in total. The van der Waals surface area contributed by atoms with Crippen LogP contribution < -0.4 is 14.4 Å². The minimum Gasteiger partial charge on any atom is -0.494 e. The van der Waals surface area contributed by atoms with Gasteiger partial charge in [0.1, 0.15) is 5.75 Å². The van der Waals surface area contributed by atoms with Crippen LogP contribution in [0.2, 0.25) is 0 Å². The van der Waals surface area contributed by atoms with Gasteiger partial charge in [0.05, 0.1) is 11.5 Å². The van der Waals surface area contributed by atoms with E-state index in [1.165, 1.54) is 11.3 Å². The number of hydrogen-bond donors (Lipinski definition) is 1. The summed E-state index contributed by atoms with van der Waals surface area (Å²) in [5.41, 5.74) is 2.94. The fourth-order valence-electron chi connectivity index (χ4n) is 2.94. The zero-order valence-electron chi connectivity index (χ0n) is 14.0. The maximum absolute atomic E-state index is 12.5. The summed E-state index contributed by atoms with van der Waals surface area (Å²) in [6.07, 6.45) is 2.05. The molecule has 24 heavy (non-hydrogen) atoms. The van der Waals surface area contributed by atoms with Crippen molar-refractivity contribution in [3.05, 3.63) is 48.0 Å². The Bertz CT molecular complexity index is 817. The lowest BCUT2D eigenvalue weighted by atomic mass is 10.0. The van der Waals surface area contributed by atoms with Gasteiger partial charge in [-0.15, -0.1) is 0 Å². The average molecular weight is 346 g/mol. The summed E-state index contributed by atoms with van der Waals surface area (Å²) in [6.45, 7) is 3.47. The molecule has 0 saturated carbocycles. The summed E-state index contributed by atoms with van der Waals surface area (Å²) in [4.78, 5) is 2.42. The molecule has 0 saturated heterocycles. The lowest BCUT2D eigenvalue weighted by molar-refractivity contribution is 0.340. The summed E-state index contributed by atoms with van der Waals surface area (Å²) in [6, 6.07) is 12.2. The topological polar surface area (TPSA) is 58.6 Å². The Morgan fingerprint density at radius 3 is 2.62 bits per heavy atom. The van der Waals surface area contributed by atoms with Gasteiger partial charge in [0.15, 0.2) is 0 Å². The molecule has 0 aromatic heterocycles. The second-order valence-electron chi connectivity index (χ2n) is 5.88. The van der Waals surface area contributed by atoms with E-state index in [0.717, 1.165) is 19.4 Å². The maximum atomic E-state index is 12.5. The van der Waals surface area contributed by atoms with Gasteiger partial charge in [0, 0.05) is 25.0 Å². The Kier molecular flexibility index (Phi) is 4.66. The van der Waals surface area contributed by atoms with Crippen LogP contribution in [0, 0.1) is 0 Å². The molecule has 128 valence electrons. The highest BCUT2D eigenvalue weighted by molar-refractivity contribution is 7.92. The van der Waals surface area contributed by atoms with Crippen LogP contribution in [-0.4, -0.2) is 28.6 Å². The van der Waals surface area contributed by atoms with Crippen LogP contribution in [0.1, 0.15) is 18.9 Å². The Labute approximate surface area is 143 Å². The fraction of sp³-hybridized carbons (Fsp3) is 0.333. The molecule has 6 heteroatoms. The molecule has 0 radical (unpaired) electrons. The van der Waals surface area contributed by atoms with E-state index in [0.29, 0.717) is 18.0 Å². The smallest absolute Gasteiger partial charge is 0.261 e. The average Bonchev–Trinajstić information content (AvgIpc) is 2.55. The van der Waals surface area contributed by atoms with E-state index in [9.17, 15) is 8.42 Å². The third kappa shape index (κ3) is 3.48. The number of nitrogens with zero attached hydrogens (tertiary/aromatic N) is 1. The summed E-state index contributed by atoms with van der Waals surface area (Å²) in [7, 11) is -1.55. The summed E-state index contributed by atoms with van der Waals surface area (Å²) >= 11 is 0. The number of benzene rings is 2. The van der Waals surface area contributed by atoms with Crippen molar-refractivity contribution in [2.75, 3.05) is 29.8 Å². The predicted octanol–water partition coefficient (Wildman–Crippen LogP) is 3.27. The monoisotopic (exact) mass is 346 g/mol. The van der Waals surface area contributed by atoms with E-state index < -0.39 is 10.0 Å². The molecule has 0 amide bonds. The van der Waals surface area contributed by atoms with Crippen molar-refractivity contribution in [3.8, 4) is 5.75 Å². The minimum absolute atomic E-state index is 0.223. The Morgan fingerprint density at radius 2 is 1.92 bits per heavy atom. The zero-order chi connectivity index (χ0) is 17.2. The van der Waals surface area contributed by atoms with Crippen LogP contribution in [0.15, 0.2) is 47.4 Å². The van der Waals surface area contributed by atoms with Gasteiger partial charge >= 0.3 is 0 Å². The molecule has 1 N–H and O–H groups in total. The normalized spacial score (nSPS) is 14.2. The number of sulfonamides is 1. The van der Waals surface area contributed by atoms with Crippen molar-refractivity contribution >= 4 is 21.4 Å². The van der Waals surface area contributed by atoms with E-state index in [1.54, 1.807) is 24.3 Å². The van der Waals surface area contributed by atoms with Crippen molar-refractivity contribution in [1.29, 1.82) is 0 Å². The summed E-state index contributed by atoms with van der Waals surface area (Å²) in [5.74, 6) is 0.660. The largest absolute Gasteiger partial charge is 0.494 e. The second kappa shape index (κ2) is 6.73. The third-order valence-electron chi connectivity index (χ3n) is 4.13. The molecule has 2 aromatic rings. The number of anilines is 2. The summed E-state index contributed by atoms with van der Waals surface area (Å²) in [5, 5.41) is 0. The van der Waals surface area contributed by atoms with E-state index in [2.05, 4.69) is 16.7 Å². The van der Waals surface area contributed by atoms with Crippen LogP contribution in [0.25, 0.3) is 0 Å². The highest BCUT2D eigenvalue weighted by atomic mass is 32.2. The molecule has 0 spiro atoms. The maximum Gasteiger partial charge on any atom is 0.261 e. The van der Waals surface area contributed by atoms with Gasteiger partial charge < -0.3 is 9.64 Å². The molecular formula is C18H22N2O3S. The van der Waals surface area contributed by atoms with Gasteiger partial charge in [-0.1, -0.05) is 0 Å². The molecule has 0 aliphatic carbocycles. The molecule has 3 rings (SSSR count). The molecule has 0 fully saturated rings. The molecule has 2 aromatic carbocycles. The molecule has 0 unspecified atom stereocenters. The first-order chi connectivity index (χ1) is 11.5. The fourth-order valence-corrected chi connectivity index (χ4v) is 3.99. The quantitative estimate of drug-likeness (QED) is 0.903. The number of aryl methyl sites for hydroxylation is 1. The third-order valence-corrected chi connectivity index (χ3v) is 5.52. The number of nitrogens with one attached hydrogen (secondary N) is 1. The van der Waals surface area contributed by atoms with E-state index in [1.807, 2.05) is 25.1 Å². The van der Waals surface area contributed by atoms with Gasteiger partial charge in [-0.2, -0.15) is 0 Å². The zero-order valence-corrected chi connectivity index (χ0v) is 14.8. The molecule has 0 bridgehead atoms. The van der Waals surface area contributed by atoms with Crippen LogP contribution in [0.3, 0.4) is 0 Å². The Hall–Kier alpha value is -2.21. The van der Waals surface area contributed by atoms with Gasteiger partial charge in [0.2, 0.25) is 0 Å². The predicted molar refractivity (Wildman–Crippen MR) is 96.5 cm³/mol. The molecule has 0 atom stereocenters. The highest BCUT2D eigenvalue weighted by Gasteiger charge is 2.17. The molecule has 1 aliphatic rings. The van der Waals surface area contributed by atoms with E-state index in [-0.39, 0.29) is 4.90 Å². The second-order valence-corrected chi connectivity index (χ2v) is 7.56. The van der Waals surface area contributed by atoms with Crippen LogP contribution >= 0.6 is 0 Å². The first kappa shape index (κ1) is 16.6. The van der Waals surface area contributed by atoms with Crippen LogP contribution in [0.4, 0.5) is 11.4 Å². The Balaban J connectivity index is 1.81. The van der Waals surface area contributed by atoms with Crippen LogP contribution in [-0.2, 0) is 16.4 Å². The van der Waals surface area contributed by atoms with Gasteiger partial charge in [0.25, 0.3) is 10.0 Å². The van der Waals surface area contributed by atoms with Gasteiger partial charge in [-0.05, 0) is 67.8 Å². The Morgan fingerprint density at radius 1 is 1.17 bits per heavy atom. The SMILES string of the molecule is CCOc1ccc(S(=O)(=O)Nc2ccc3c(c2)CCCN3C)cc1. The van der Waals surface area contributed by atoms with Crippen molar-refractivity contribution in [3.63, 3.8) is 0 Å². The number of ether oxygens (including phenoxy) is 1. The number of rotatable bonds is 5. The first-order valence-electron chi connectivity index (χ1n) is 8.09. The summed E-state index contributed by atoms with van der Waals surface area (Å²) < 4.78 is 33.1. The standard InChI is InChI=1S/C18H22N2O3S/c1-3-23-16-7-9-17(10-8-16)24(21,22)19-15-6-11-18-14(13-15)5-4-12-20(18)2/h6-11,13,19H,3-5,12H2,1-2H3. The van der Waals surface area contributed by atoms with Crippen molar-refractivity contribution in [1.82, 2.24) is 0 Å². The number of hydrogen-bond acceptors (Lipinski definition) is 4. The van der Waals surface area contributed by atoms with Gasteiger partial charge in [-0.25, -0.2) is 8.42 Å². The minimum atomic E-state index is -3.60. The van der Waals surface area contributed by atoms with Crippen molar-refractivity contribution < 1.29 is 13.2 Å². The first-order valence-corrected chi connectivity index (χ1v) is 9.57. The molecule has 1 heterocycles. The van der Waals surface area contributed by atoms with Crippen molar-refractivity contribution in [2.45, 2.75) is 24.7 Å². The van der Waals surface area contributed by atoms with E-state index >= 15 is 0 Å². The highest BCUT2D eigenvalue weighted by Crippen LogP contribution is 2.29. The molecule has 1 aliphatic heterocycles. The lowest BCUT2D eigenvalue weighted by Crippen LogP contribution is -2.24. The van der Waals surface area contributed by atoms with Crippen molar-refractivity contribution in [2.24, 2.45) is 0 Å².